The Bertz CT molecular complexity index is 3010. The molecule has 2 atom stereocenters. The molecule has 6 aromatic rings. The van der Waals surface area contributed by atoms with Crippen LogP contribution in [0.3, 0.4) is 0 Å². The van der Waals surface area contributed by atoms with Crippen LogP contribution in [0, 0.1) is 0 Å². The van der Waals surface area contributed by atoms with E-state index in [4.69, 9.17) is 18.5 Å². The van der Waals surface area contributed by atoms with Crippen molar-refractivity contribution in [2.75, 3.05) is 6.61 Å². The minimum Gasteiger partial charge on any atom is -0.371 e. The molecule has 16 heteroatoms. The van der Waals surface area contributed by atoms with E-state index in [1.807, 2.05) is 55.5 Å². The van der Waals surface area contributed by atoms with Crippen LogP contribution in [0.5, 0.6) is 0 Å². The average molecular weight is 1280 g/mol. The van der Waals surface area contributed by atoms with Crippen molar-refractivity contribution in [1.82, 2.24) is 0 Å². The molecule has 0 bridgehead atoms. The second-order valence-electron chi connectivity index (χ2n) is 31.6. The first-order valence-corrected chi connectivity index (χ1v) is 61.1. The molecule has 0 spiro atoms. The Morgan fingerprint density at radius 3 is 0.854 bits per heavy atom. The van der Waals surface area contributed by atoms with E-state index in [0.717, 1.165) is 11.1 Å². The Labute approximate surface area is 506 Å². The van der Waals surface area contributed by atoms with Crippen molar-refractivity contribution in [3.8, 4) is 0 Å². The number of benzene rings is 6. The van der Waals surface area contributed by atoms with Crippen LogP contribution in [0.2, 0.25) is 157 Å². The van der Waals surface area contributed by atoms with Gasteiger partial charge in [0, 0.05) is 21.2 Å². The van der Waals surface area contributed by atoms with Crippen molar-refractivity contribution in [1.29, 1.82) is 0 Å². The highest BCUT2D eigenvalue weighted by Crippen LogP contribution is 2.54. The standard InChI is InChI=1S/C66H104O6P2Si8/c1-51(71-73(67,54-36-58(75(2,3)4)44-59(37-54)76(5,6)7)55-38-60(77(8,9)10)45-61(39-55)78(11,12)13)66(70-49-53-34-30-27-31-35-53,50-69-48-52-32-28-26-29-33-52)72-74(68,56-40-62(79(14,15)16)46-63(41-56)80(17,18)19)57-42-64(81(20,21)22)47-65(43-57)82(23,24)25/h26-47,51H,48-50H2,1-25H3/t51-,66-/m1/s1. The van der Waals surface area contributed by atoms with Gasteiger partial charge < -0.3 is 14.0 Å². The van der Waals surface area contributed by atoms with Gasteiger partial charge in [-0.1, -0.05) is 284 Å². The maximum atomic E-state index is 18.2. The predicted octanol–water partition coefficient (Wildman–Crippen LogP) is 12.8. The fourth-order valence-electron chi connectivity index (χ4n) is 9.70. The monoisotopic (exact) mass is 1280 g/mol. The van der Waals surface area contributed by atoms with E-state index in [9.17, 15) is 0 Å². The van der Waals surface area contributed by atoms with Gasteiger partial charge in [0.15, 0.2) is 0 Å². The van der Waals surface area contributed by atoms with Crippen LogP contribution in [0.1, 0.15) is 18.1 Å². The number of hydrogen-bond donors (Lipinski definition) is 0. The fourth-order valence-corrected chi connectivity index (χ4v) is 25.5. The summed E-state index contributed by atoms with van der Waals surface area (Å²) in [5, 5.41) is 12.5. The lowest BCUT2D eigenvalue weighted by Gasteiger charge is -2.42. The molecule has 0 fully saturated rings. The van der Waals surface area contributed by atoms with Crippen molar-refractivity contribution in [2.24, 2.45) is 0 Å². The second-order valence-corrected chi connectivity index (χ2v) is 76.9. The smallest absolute Gasteiger partial charge is 0.263 e. The van der Waals surface area contributed by atoms with Crippen LogP contribution in [0.4, 0.5) is 0 Å². The van der Waals surface area contributed by atoms with E-state index in [2.05, 4.69) is 242 Å². The van der Waals surface area contributed by atoms with Gasteiger partial charge in [-0.2, -0.15) is 0 Å². The molecule has 0 aromatic heterocycles. The summed E-state index contributed by atoms with van der Waals surface area (Å²) in [6.07, 6.45) is -1.14. The predicted molar refractivity (Wildman–Crippen MR) is 385 cm³/mol. The van der Waals surface area contributed by atoms with Crippen molar-refractivity contribution in [3.63, 3.8) is 0 Å². The Morgan fingerprint density at radius 2 is 0.598 bits per heavy atom. The normalized spacial score (nSPS) is 14.9. The molecule has 0 unspecified atom stereocenters. The Kier molecular flexibility index (Phi) is 20.8. The highest BCUT2D eigenvalue weighted by atomic mass is 31.2. The lowest BCUT2D eigenvalue weighted by molar-refractivity contribution is -0.258. The van der Waals surface area contributed by atoms with E-state index in [1.165, 1.54) is 41.5 Å². The van der Waals surface area contributed by atoms with E-state index in [0.29, 0.717) is 21.2 Å². The SMILES string of the molecule is C[C@@H](OP(=O)(c1cc([Si](C)(C)C)cc([Si](C)(C)C)c1)c1cc([Si](C)(C)C)cc([Si](C)(C)C)c1)[C@](COCc1ccccc1)(OCc1ccccc1)OP(=O)(c1cc([Si](C)(C)C)cc([Si](C)(C)C)c1)c1cc([Si](C)(C)C)cc([Si](C)(C)C)c1. The summed E-state index contributed by atoms with van der Waals surface area (Å²) in [5.41, 5.74) is 1.87. The Morgan fingerprint density at radius 1 is 0.354 bits per heavy atom. The zero-order chi connectivity index (χ0) is 61.7. The molecule has 6 rings (SSSR count). The molecule has 0 heterocycles. The fraction of sp³-hybridized carbons (Fsp3) is 0.455. The highest BCUT2D eigenvalue weighted by Gasteiger charge is 2.52. The quantitative estimate of drug-likeness (QED) is 0.0342. The summed E-state index contributed by atoms with van der Waals surface area (Å²) >= 11 is 0. The van der Waals surface area contributed by atoms with E-state index in [-0.39, 0.29) is 19.8 Å². The lowest BCUT2D eigenvalue weighted by atomic mass is 10.1. The van der Waals surface area contributed by atoms with Crippen molar-refractivity contribution >= 4 is 142 Å². The zero-order valence-electron chi connectivity index (χ0n) is 55.2. The first-order valence-electron chi connectivity index (χ1n) is 29.8. The number of rotatable bonds is 24. The number of hydrogen-bond acceptors (Lipinski definition) is 6. The Hall–Kier alpha value is -2.64. The third-order valence-corrected chi connectivity index (χ3v) is 37.0. The second kappa shape index (κ2) is 24.9. The third-order valence-electron chi connectivity index (χ3n) is 15.9. The molecule has 6 aromatic carbocycles. The third kappa shape index (κ3) is 16.9. The van der Waals surface area contributed by atoms with Crippen molar-refractivity contribution in [2.45, 2.75) is 189 Å². The van der Waals surface area contributed by atoms with Gasteiger partial charge in [-0.3, -0.25) is 13.7 Å². The first-order chi connectivity index (χ1) is 37.3. The van der Waals surface area contributed by atoms with Gasteiger partial charge in [0.1, 0.15) is 12.7 Å². The van der Waals surface area contributed by atoms with Crippen molar-refractivity contribution < 1.29 is 27.7 Å². The van der Waals surface area contributed by atoms with Crippen LogP contribution in [-0.4, -0.2) is 83.1 Å². The maximum absolute atomic E-state index is 18.2. The molecule has 0 aliphatic carbocycles. The summed E-state index contributed by atoms with van der Waals surface area (Å²) in [7, 11) is -24.8. The lowest BCUT2D eigenvalue weighted by Crippen LogP contribution is -2.54. The van der Waals surface area contributed by atoms with Crippen LogP contribution in [-0.2, 0) is 40.9 Å². The molecular formula is C66H104O6P2Si8. The van der Waals surface area contributed by atoms with Gasteiger partial charge in [-0.05, 0) is 66.6 Å². The summed E-state index contributed by atoms with van der Waals surface area (Å²) in [4.78, 5) is 0. The van der Waals surface area contributed by atoms with Crippen LogP contribution < -0.4 is 62.7 Å². The summed E-state index contributed by atoms with van der Waals surface area (Å²) in [6, 6.07) is 47.5. The zero-order valence-corrected chi connectivity index (χ0v) is 65.0. The molecule has 6 nitrogen and oxygen atoms in total. The molecule has 82 heavy (non-hydrogen) atoms. The van der Waals surface area contributed by atoms with Crippen LogP contribution in [0.15, 0.2) is 133 Å². The highest BCUT2D eigenvalue weighted by molar-refractivity contribution is 7.75. The topological polar surface area (TPSA) is 71.1 Å². The van der Waals surface area contributed by atoms with E-state index < -0.39 is 91.2 Å². The molecule has 0 saturated carbocycles. The largest absolute Gasteiger partial charge is 0.371 e. The molecule has 0 amide bonds. The Balaban J connectivity index is 1.83. The number of ether oxygens (including phenoxy) is 2. The van der Waals surface area contributed by atoms with E-state index in [1.54, 1.807) is 0 Å². The van der Waals surface area contributed by atoms with Gasteiger partial charge in [-0.15, -0.1) is 0 Å². The molecule has 0 N–H and O–H groups in total. The summed E-state index contributed by atoms with van der Waals surface area (Å²) in [6.45, 7) is 59.0. The first kappa shape index (κ1) is 68.5. The van der Waals surface area contributed by atoms with Crippen LogP contribution >= 0.6 is 14.7 Å². The van der Waals surface area contributed by atoms with Gasteiger partial charge in [0.2, 0.25) is 5.79 Å². The van der Waals surface area contributed by atoms with Gasteiger partial charge in [-0.25, -0.2) is 0 Å². The van der Waals surface area contributed by atoms with Gasteiger partial charge in [0.05, 0.1) is 77.8 Å². The van der Waals surface area contributed by atoms with E-state index >= 15 is 9.13 Å². The summed E-state index contributed by atoms with van der Waals surface area (Å²) in [5.74, 6) is -1.94. The average Bonchev–Trinajstić information content (AvgIpc) is 2.53. The van der Waals surface area contributed by atoms with Crippen molar-refractivity contribution in [3.05, 3.63) is 145 Å². The molecule has 0 saturated heterocycles. The molecule has 446 valence electrons. The molecule has 0 aliphatic heterocycles. The molecular weight excluding hydrogens is 1180 g/mol. The minimum absolute atomic E-state index is 0.0769. The molecule has 0 aliphatic rings. The minimum atomic E-state index is -4.31. The maximum Gasteiger partial charge on any atom is 0.263 e. The van der Waals surface area contributed by atoms with Gasteiger partial charge in [0.25, 0.3) is 14.7 Å². The van der Waals surface area contributed by atoms with Gasteiger partial charge >= 0.3 is 0 Å². The van der Waals surface area contributed by atoms with Crippen LogP contribution in [0.25, 0.3) is 0 Å². The molecule has 0 radical (unpaired) electrons. The summed E-state index contributed by atoms with van der Waals surface area (Å²) < 4.78 is 66.7.